The predicted molar refractivity (Wildman–Crippen MR) is 118 cm³/mol. The molecule has 5 rings (SSSR count). The van der Waals surface area contributed by atoms with Gasteiger partial charge in [-0.05, 0) is 59.8 Å². The molecule has 1 aliphatic heterocycles. The van der Waals surface area contributed by atoms with Gasteiger partial charge in [-0.15, -0.1) is 10.2 Å². The Balaban J connectivity index is 1.62. The first-order chi connectivity index (χ1) is 14.7. The van der Waals surface area contributed by atoms with Crippen molar-refractivity contribution in [2.24, 2.45) is 0 Å². The molecule has 6 heteroatoms. The number of likely N-dealkylation sites (N-methyl/N-ethyl adjacent to an activating group) is 1. The van der Waals surface area contributed by atoms with Crippen LogP contribution < -0.4 is 4.90 Å². The van der Waals surface area contributed by atoms with Crippen LogP contribution in [0.2, 0.25) is 0 Å². The fraction of sp³-hybridized carbons (Fsp3) is 0.208. The smallest absolute Gasteiger partial charge is 0.151 e. The minimum atomic E-state index is -0.245. The van der Waals surface area contributed by atoms with Gasteiger partial charge in [0.2, 0.25) is 0 Å². The quantitative estimate of drug-likeness (QED) is 0.515. The molecule has 0 N–H and O–H groups in total. The monoisotopic (exact) mass is 399 g/mol. The zero-order valence-corrected chi connectivity index (χ0v) is 16.8. The van der Waals surface area contributed by atoms with Crippen molar-refractivity contribution in [3.8, 4) is 22.4 Å². The van der Waals surface area contributed by atoms with Crippen molar-refractivity contribution < 1.29 is 4.39 Å². The Bertz CT molecular complexity index is 1190. The van der Waals surface area contributed by atoms with E-state index < -0.39 is 0 Å². The molecule has 4 aromatic rings. The zero-order valence-electron chi connectivity index (χ0n) is 16.8. The van der Waals surface area contributed by atoms with Crippen molar-refractivity contribution in [1.82, 2.24) is 20.1 Å². The van der Waals surface area contributed by atoms with Crippen LogP contribution in [0.15, 0.2) is 67.0 Å². The van der Waals surface area contributed by atoms with Crippen molar-refractivity contribution in [3.05, 3.63) is 72.8 Å². The molecule has 0 aliphatic carbocycles. The Kier molecular flexibility index (Phi) is 4.85. The third-order valence-corrected chi connectivity index (χ3v) is 5.68. The Morgan fingerprint density at radius 2 is 1.53 bits per heavy atom. The number of fused-ring (bicyclic) bond motifs is 1. The summed E-state index contributed by atoms with van der Waals surface area (Å²) >= 11 is 0. The molecule has 5 nitrogen and oxygen atoms in total. The summed E-state index contributed by atoms with van der Waals surface area (Å²) in [6.07, 6.45) is 3.57. The summed E-state index contributed by atoms with van der Waals surface area (Å²) in [5.74, 6) is 0.635. The normalized spacial score (nSPS) is 14.9. The molecule has 30 heavy (non-hydrogen) atoms. The summed E-state index contributed by atoms with van der Waals surface area (Å²) in [4.78, 5) is 8.74. The Morgan fingerprint density at radius 1 is 0.767 bits per heavy atom. The van der Waals surface area contributed by atoms with Crippen LogP contribution in [0.1, 0.15) is 0 Å². The van der Waals surface area contributed by atoms with Crippen molar-refractivity contribution in [2.75, 3.05) is 38.1 Å². The SMILES string of the molecule is CN1CCN(c2cc(-c3ccncc3)c(-c3ccc4ccc(F)cc4c3)nn2)CC1. The largest absolute Gasteiger partial charge is 0.353 e. The molecule has 1 aliphatic rings. The number of anilines is 1. The Labute approximate surface area is 174 Å². The van der Waals surface area contributed by atoms with Crippen LogP contribution in [0.25, 0.3) is 33.2 Å². The molecular weight excluding hydrogens is 377 g/mol. The second kappa shape index (κ2) is 7.80. The van der Waals surface area contributed by atoms with Gasteiger partial charge in [-0.25, -0.2) is 4.39 Å². The second-order valence-electron chi connectivity index (χ2n) is 7.70. The molecule has 150 valence electrons. The van der Waals surface area contributed by atoms with Crippen LogP contribution in [0.4, 0.5) is 10.2 Å². The van der Waals surface area contributed by atoms with Crippen LogP contribution in [0.3, 0.4) is 0 Å². The lowest BCUT2D eigenvalue weighted by molar-refractivity contribution is 0.312. The Morgan fingerprint density at radius 3 is 2.33 bits per heavy atom. The maximum absolute atomic E-state index is 13.8. The van der Waals surface area contributed by atoms with Crippen molar-refractivity contribution in [2.45, 2.75) is 0 Å². The number of rotatable bonds is 3. The first-order valence-corrected chi connectivity index (χ1v) is 10.1. The highest BCUT2D eigenvalue weighted by Crippen LogP contribution is 2.33. The van der Waals surface area contributed by atoms with E-state index in [1.165, 1.54) is 6.07 Å². The summed E-state index contributed by atoms with van der Waals surface area (Å²) in [7, 11) is 2.14. The van der Waals surface area contributed by atoms with E-state index in [0.717, 1.165) is 65.2 Å². The fourth-order valence-electron chi connectivity index (χ4n) is 3.90. The van der Waals surface area contributed by atoms with Gasteiger partial charge in [0, 0.05) is 49.7 Å². The summed E-state index contributed by atoms with van der Waals surface area (Å²) in [5, 5.41) is 11.0. The van der Waals surface area contributed by atoms with Gasteiger partial charge in [0.1, 0.15) is 11.5 Å². The molecule has 0 atom stereocenters. The highest BCUT2D eigenvalue weighted by molar-refractivity contribution is 5.90. The predicted octanol–water partition coefficient (Wildman–Crippen LogP) is 4.25. The van der Waals surface area contributed by atoms with Gasteiger partial charge in [-0.1, -0.05) is 18.2 Å². The number of piperazine rings is 1. The summed E-state index contributed by atoms with van der Waals surface area (Å²) < 4.78 is 13.8. The zero-order chi connectivity index (χ0) is 20.5. The minimum Gasteiger partial charge on any atom is -0.353 e. The topological polar surface area (TPSA) is 45.2 Å². The van der Waals surface area contributed by atoms with Gasteiger partial charge in [-0.2, -0.15) is 0 Å². The van der Waals surface area contributed by atoms with E-state index in [-0.39, 0.29) is 5.82 Å². The standard InChI is InChI=1S/C24H22FN5/c1-29-10-12-30(13-11-29)23-16-22(18-6-8-26-9-7-18)24(28-27-23)19-3-2-17-4-5-21(25)15-20(17)14-19/h2-9,14-16H,10-13H2,1H3. The number of nitrogens with zero attached hydrogens (tertiary/aromatic N) is 5. The molecule has 2 aromatic carbocycles. The number of halogens is 1. The van der Waals surface area contributed by atoms with Gasteiger partial charge < -0.3 is 9.80 Å². The summed E-state index contributed by atoms with van der Waals surface area (Å²) in [5.41, 5.74) is 3.73. The lowest BCUT2D eigenvalue weighted by Gasteiger charge is -2.33. The van der Waals surface area contributed by atoms with Gasteiger partial charge >= 0.3 is 0 Å². The van der Waals surface area contributed by atoms with E-state index in [9.17, 15) is 4.39 Å². The number of aromatic nitrogens is 3. The molecule has 1 fully saturated rings. The third-order valence-electron chi connectivity index (χ3n) is 5.68. The fourth-order valence-corrected chi connectivity index (χ4v) is 3.90. The van der Waals surface area contributed by atoms with Crippen LogP contribution in [-0.2, 0) is 0 Å². The van der Waals surface area contributed by atoms with E-state index in [1.54, 1.807) is 24.5 Å². The van der Waals surface area contributed by atoms with E-state index >= 15 is 0 Å². The number of hydrogen-bond donors (Lipinski definition) is 0. The van der Waals surface area contributed by atoms with E-state index in [2.05, 4.69) is 38.1 Å². The molecule has 0 unspecified atom stereocenters. The highest BCUT2D eigenvalue weighted by atomic mass is 19.1. The van der Waals surface area contributed by atoms with Crippen molar-refractivity contribution in [3.63, 3.8) is 0 Å². The van der Waals surface area contributed by atoms with Gasteiger partial charge in [-0.3, -0.25) is 4.98 Å². The van der Waals surface area contributed by atoms with Crippen LogP contribution in [0.5, 0.6) is 0 Å². The second-order valence-corrected chi connectivity index (χ2v) is 7.70. The van der Waals surface area contributed by atoms with Crippen LogP contribution >= 0.6 is 0 Å². The average molecular weight is 399 g/mol. The minimum absolute atomic E-state index is 0.245. The summed E-state index contributed by atoms with van der Waals surface area (Å²) in [6.45, 7) is 3.86. The number of benzene rings is 2. The summed E-state index contributed by atoms with van der Waals surface area (Å²) in [6, 6.07) is 16.9. The van der Waals surface area contributed by atoms with Gasteiger partial charge in [0.25, 0.3) is 0 Å². The van der Waals surface area contributed by atoms with Crippen LogP contribution in [0, 0.1) is 5.82 Å². The maximum atomic E-state index is 13.8. The van der Waals surface area contributed by atoms with Crippen molar-refractivity contribution in [1.29, 1.82) is 0 Å². The molecule has 0 amide bonds. The highest BCUT2D eigenvalue weighted by Gasteiger charge is 2.19. The lowest BCUT2D eigenvalue weighted by Crippen LogP contribution is -2.44. The van der Waals surface area contributed by atoms with E-state index in [1.807, 2.05) is 30.3 Å². The van der Waals surface area contributed by atoms with Crippen LogP contribution in [-0.4, -0.2) is 53.3 Å². The number of hydrogen-bond acceptors (Lipinski definition) is 5. The molecule has 0 bridgehead atoms. The molecule has 1 saturated heterocycles. The molecule has 2 aromatic heterocycles. The third kappa shape index (κ3) is 3.62. The molecule has 0 saturated carbocycles. The lowest BCUT2D eigenvalue weighted by atomic mass is 9.98. The number of pyridine rings is 1. The molecule has 0 spiro atoms. The molecule has 3 heterocycles. The van der Waals surface area contributed by atoms with Crippen molar-refractivity contribution >= 4 is 16.6 Å². The van der Waals surface area contributed by atoms with E-state index in [4.69, 9.17) is 0 Å². The Hall–Kier alpha value is -3.38. The van der Waals surface area contributed by atoms with E-state index in [0.29, 0.717) is 0 Å². The molecule has 0 radical (unpaired) electrons. The average Bonchev–Trinajstić information content (AvgIpc) is 2.79. The first-order valence-electron chi connectivity index (χ1n) is 10.1. The van der Waals surface area contributed by atoms with Gasteiger partial charge in [0.05, 0.1) is 0 Å². The molecular formula is C24H22FN5. The first kappa shape index (κ1) is 18.6. The maximum Gasteiger partial charge on any atom is 0.151 e. The van der Waals surface area contributed by atoms with Gasteiger partial charge in [0.15, 0.2) is 5.82 Å².